The molecule has 15 heavy (non-hydrogen) atoms. The van der Waals surface area contributed by atoms with E-state index in [4.69, 9.17) is 10.8 Å². The van der Waals surface area contributed by atoms with Crippen LogP contribution in [-0.4, -0.2) is 30.3 Å². The summed E-state index contributed by atoms with van der Waals surface area (Å²) < 4.78 is 0. The number of aliphatic hydroxyl groups excluding tert-OH is 1. The molecule has 3 heteroatoms. The topological polar surface area (TPSA) is 58.3 Å². The van der Waals surface area contributed by atoms with Gasteiger partial charge in [-0.3, -0.25) is 0 Å². The van der Waals surface area contributed by atoms with Crippen molar-refractivity contribution in [3.05, 3.63) is 0 Å². The van der Waals surface area contributed by atoms with Gasteiger partial charge < -0.3 is 16.2 Å². The summed E-state index contributed by atoms with van der Waals surface area (Å²) in [4.78, 5) is 0. The van der Waals surface area contributed by atoms with Crippen LogP contribution in [-0.2, 0) is 0 Å². The van der Waals surface area contributed by atoms with Crippen molar-refractivity contribution in [2.45, 2.75) is 45.6 Å². The molecular weight excluding hydrogens is 188 g/mol. The van der Waals surface area contributed by atoms with E-state index >= 15 is 0 Å². The predicted molar refractivity (Wildman–Crippen MR) is 63.7 cm³/mol. The van der Waals surface area contributed by atoms with Crippen molar-refractivity contribution in [2.24, 2.45) is 17.1 Å². The first kappa shape index (κ1) is 12.9. The minimum atomic E-state index is 0.0455. The van der Waals surface area contributed by atoms with Gasteiger partial charge in [0.25, 0.3) is 0 Å². The molecule has 4 N–H and O–H groups in total. The molecule has 0 amide bonds. The van der Waals surface area contributed by atoms with Crippen molar-refractivity contribution < 1.29 is 5.11 Å². The predicted octanol–water partition coefficient (Wildman–Crippen LogP) is 1.11. The zero-order chi connectivity index (χ0) is 11.5. The molecule has 1 fully saturated rings. The molecular formula is C12H26N2O. The summed E-state index contributed by atoms with van der Waals surface area (Å²) in [5, 5.41) is 12.3. The number of hydrogen-bond acceptors (Lipinski definition) is 3. The van der Waals surface area contributed by atoms with Crippen molar-refractivity contribution in [1.82, 2.24) is 5.32 Å². The molecule has 1 aliphatic carbocycles. The van der Waals surface area contributed by atoms with E-state index < -0.39 is 0 Å². The summed E-state index contributed by atoms with van der Waals surface area (Å²) in [6.45, 7) is 8.44. The number of nitrogens with one attached hydrogen (secondary N) is 1. The van der Waals surface area contributed by atoms with Gasteiger partial charge in [-0.1, -0.05) is 20.8 Å². The van der Waals surface area contributed by atoms with Crippen molar-refractivity contribution in [3.8, 4) is 0 Å². The lowest BCUT2D eigenvalue weighted by Gasteiger charge is -2.48. The van der Waals surface area contributed by atoms with Crippen LogP contribution in [0.1, 0.15) is 40.0 Å². The molecule has 2 atom stereocenters. The fourth-order valence-electron chi connectivity index (χ4n) is 3.43. The van der Waals surface area contributed by atoms with Gasteiger partial charge in [0.15, 0.2) is 0 Å². The maximum atomic E-state index is 8.90. The minimum Gasteiger partial charge on any atom is -0.395 e. The Morgan fingerprint density at radius 1 is 1.40 bits per heavy atom. The van der Waals surface area contributed by atoms with Gasteiger partial charge >= 0.3 is 0 Å². The van der Waals surface area contributed by atoms with Crippen molar-refractivity contribution >= 4 is 0 Å². The summed E-state index contributed by atoms with van der Waals surface area (Å²) in [6, 6.07) is 0. The molecule has 0 bridgehead atoms. The molecule has 90 valence electrons. The second-order valence-corrected chi connectivity index (χ2v) is 5.99. The Morgan fingerprint density at radius 3 is 2.53 bits per heavy atom. The lowest BCUT2D eigenvalue weighted by atomic mass is 9.64. The Bertz CT molecular complexity index is 206. The van der Waals surface area contributed by atoms with E-state index in [1.807, 2.05) is 0 Å². The molecule has 1 saturated carbocycles. The van der Waals surface area contributed by atoms with Crippen LogP contribution in [0.15, 0.2) is 0 Å². The molecule has 1 rings (SSSR count). The zero-order valence-corrected chi connectivity index (χ0v) is 10.3. The number of β-amino-alcohol motifs (C(OH)–C–C–N with tert-alkyl or cyclic N) is 1. The van der Waals surface area contributed by atoms with Gasteiger partial charge in [0, 0.05) is 18.6 Å². The van der Waals surface area contributed by atoms with Crippen LogP contribution < -0.4 is 11.1 Å². The Hall–Kier alpha value is -0.120. The summed E-state index contributed by atoms with van der Waals surface area (Å²) in [5.74, 6) is 0.712. The van der Waals surface area contributed by atoms with E-state index in [-0.39, 0.29) is 12.1 Å². The van der Waals surface area contributed by atoms with Gasteiger partial charge in [0.1, 0.15) is 0 Å². The average molecular weight is 214 g/mol. The molecule has 0 aliphatic heterocycles. The lowest BCUT2D eigenvalue weighted by Crippen LogP contribution is -2.57. The highest BCUT2D eigenvalue weighted by molar-refractivity contribution is 4.99. The standard InChI is InChI=1S/C12H26N2O/c1-10-6-11(2,3)8-12(7-10,9-13)14-4-5-15/h10,14-15H,4-9,13H2,1-3H3. The summed E-state index contributed by atoms with van der Waals surface area (Å²) in [6.07, 6.45) is 3.52. The van der Waals surface area contributed by atoms with E-state index in [1.54, 1.807) is 0 Å². The largest absolute Gasteiger partial charge is 0.395 e. The van der Waals surface area contributed by atoms with Crippen LogP contribution in [0.2, 0.25) is 0 Å². The van der Waals surface area contributed by atoms with E-state index in [0.29, 0.717) is 24.4 Å². The fraction of sp³-hybridized carbons (Fsp3) is 1.00. The third kappa shape index (κ3) is 3.44. The molecule has 3 nitrogen and oxygen atoms in total. The monoisotopic (exact) mass is 214 g/mol. The van der Waals surface area contributed by atoms with E-state index in [1.165, 1.54) is 6.42 Å². The Morgan fingerprint density at radius 2 is 2.07 bits per heavy atom. The molecule has 0 aromatic rings. The van der Waals surface area contributed by atoms with Crippen LogP contribution in [0.25, 0.3) is 0 Å². The van der Waals surface area contributed by atoms with Gasteiger partial charge in [-0.2, -0.15) is 0 Å². The molecule has 2 unspecified atom stereocenters. The first-order valence-corrected chi connectivity index (χ1v) is 5.99. The van der Waals surface area contributed by atoms with Crippen molar-refractivity contribution in [2.75, 3.05) is 19.7 Å². The minimum absolute atomic E-state index is 0.0455. The molecule has 0 saturated heterocycles. The van der Waals surface area contributed by atoms with Gasteiger partial charge in [-0.25, -0.2) is 0 Å². The van der Waals surface area contributed by atoms with Crippen LogP contribution in [0.5, 0.6) is 0 Å². The molecule has 0 spiro atoms. The average Bonchev–Trinajstić information content (AvgIpc) is 2.11. The highest BCUT2D eigenvalue weighted by Crippen LogP contribution is 2.43. The van der Waals surface area contributed by atoms with Crippen LogP contribution in [0.4, 0.5) is 0 Å². The third-order valence-electron chi connectivity index (χ3n) is 3.46. The van der Waals surface area contributed by atoms with Crippen molar-refractivity contribution in [1.29, 1.82) is 0 Å². The van der Waals surface area contributed by atoms with Crippen LogP contribution in [0, 0.1) is 11.3 Å². The van der Waals surface area contributed by atoms with E-state index in [2.05, 4.69) is 26.1 Å². The quantitative estimate of drug-likeness (QED) is 0.657. The molecule has 0 aromatic heterocycles. The Labute approximate surface area is 93.4 Å². The second kappa shape index (κ2) is 4.81. The number of aliphatic hydroxyl groups is 1. The summed E-state index contributed by atoms with van der Waals surface area (Å²) in [7, 11) is 0. The van der Waals surface area contributed by atoms with E-state index in [9.17, 15) is 0 Å². The maximum absolute atomic E-state index is 8.90. The SMILES string of the molecule is CC1CC(C)(C)CC(CN)(NCCO)C1. The molecule has 0 radical (unpaired) electrons. The van der Waals surface area contributed by atoms with Gasteiger partial charge in [-0.15, -0.1) is 0 Å². The number of rotatable bonds is 4. The normalized spacial score (nSPS) is 35.4. The van der Waals surface area contributed by atoms with Crippen LogP contribution >= 0.6 is 0 Å². The maximum Gasteiger partial charge on any atom is 0.0556 e. The van der Waals surface area contributed by atoms with Gasteiger partial charge in [0.2, 0.25) is 0 Å². The molecule has 0 heterocycles. The lowest BCUT2D eigenvalue weighted by molar-refractivity contribution is 0.0822. The fourth-order valence-corrected chi connectivity index (χ4v) is 3.43. The highest BCUT2D eigenvalue weighted by atomic mass is 16.3. The summed E-state index contributed by atoms with van der Waals surface area (Å²) >= 11 is 0. The van der Waals surface area contributed by atoms with E-state index in [0.717, 1.165) is 12.8 Å². The first-order chi connectivity index (χ1) is 6.93. The molecule has 1 aliphatic rings. The van der Waals surface area contributed by atoms with Crippen LogP contribution in [0.3, 0.4) is 0 Å². The number of hydrogen-bond donors (Lipinski definition) is 3. The number of nitrogens with two attached hydrogens (primary N) is 1. The third-order valence-corrected chi connectivity index (χ3v) is 3.46. The first-order valence-electron chi connectivity index (χ1n) is 5.99. The highest BCUT2D eigenvalue weighted by Gasteiger charge is 2.41. The second-order valence-electron chi connectivity index (χ2n) is 5.99. The Balaban J connectivity index is 2.70. The Kier molecular flexibility index (Phi) is 4.15. The molecule has 0 aromatic carbocycles. The van der Waals surface area contributed by atoms with Gasteiger partial charge in [0.05, 0.1) is 6.61 Å². The van der Waals surface area contributed by atoms with Gasteiger partial charge in [-0.05, 0) is 30.6 Å². The van der Waals surface area contributed by atoms with Crippen molar-refractivity contribution in [3.63, 3.8) is 0 Å². The smallest absolute Gasteiger partial charge is 0.0556 e. The summed E-state index contributed by atoms with van der Waals surface area (Å²) in [5.41, 5.74) is 6.32. The zero-order valence-electron chi connectivity index (χ0n) is 10.3.